The Morgan fingerprint density at radius 1 is 1.36 bits per heavy atom. The first kappa shape index (κ1) is 15.4. The number of hydrogen-bond acceptors (Lipinski definition) is 5. The summed E-state index contributed by atoms with van der Waals surface area (Å²) < 4.78 is 10.2. The minimum absolute atomic E-state index is 0.263. The second kappa shape index (κ2) is 5.20. The average Bonchev–Trinajstić information content (AvgIpc) is 3.27. The summed E-state index contributed by atoms with van der Waals surface area (Å²) in [6, 6.07) is 7.16. The molecule has 2 aliphatic heterocycles. The number of hydrogen-bond donors (Lipinski definition) is 1. The fourth-order valence-corrected chi connectivity index (χ4v) is 3.26. The van der Waals surface area contributed by atoms with Gasteiger partial charge < -0.3 is 14.6 Å². The number of cyclic esters (lactones) is 1. The van der Waals surface area contributed by atoms with E-state index in [1.807, 2.05) is 12.1 Å². The van der Waals surface area contributed by atoms with Gasteiger partial charge in [0.25, 0.3) is 6.29 Å². The lowest BCUT2D eigenvalue weighted by atomic mass is 9.98. The average molecular weight is 341 g/mol. The van der Waals surface area contributed by atoms with Crippen LogP contribution in [0.5, 0.6) is 0 Å². The highest BCUT2D eigenvalue weighted by atomic mass is 16.7. The van der Waals surface area contributed by atoms with Gasteiger partial charge in [-0.2, -0.15) is 0 Å². The van der Waals surface area contributed by atoms with Gasteiger partial charge in [0.1, 0.15) is 6.26 Å². The normalized spacial score (nSPS) is 23.4. The second-order valence-electron chi connectivity index (χ2n) is 6.31. The number of carboxylic acids is 1. The molecule has 1 spiro atoms. The van der Waals surface area contributed by atoms with Gasteiger partial charge in [-0.1, -0.05) is 18.2 Å². The number of fused-ring (bicyclic) bond motifs is 2. The van der Waals surface area contributed by atoms with Crippen molar-refractivity contribution >= 4 is 23.5 Å². The monoisotopic (exact) mass is 341 g/mol. The van der Waals surface area contributed by atoms with Crippen LogP contribution in [0.2, 0.25) is 0 Å². The van der Waals surface area contributed by atoms with Crippen LogP contribution in [-0.4, -0.2) is 29.2 Å². The number of ether oxygens (including phenoxy) is 2. The van der Waals surface area contributed by atoms with Crippen molar-refractivity contribution in [3.05, 3.63) is 53.4 Å². The number of nitrogens with zero attached hydrogens (tertiary/aromatic N) is 1. The Hall–Kier alpha value is -3.09. The zero-order valence-corrected chi connectivity index (χ0v) is 13.4. The van der Waals surface area contributed by atoms with E-state index < -0.39 is 23.6 Å². The molecule has 1 saturated carbocycles. The van der Waals surface area contributed by atoms with Crippen LogP contribution in [0.15, 0.2) is 47.9 Å². The lowest BCUT2D eigenvalue weighted by molar-refractivity contribution is -0.152. The Bertz CT molecular complexity index is 864. The number of carboxylic acid groups (broad SMARTS) is 1. The summed E-state index contributed by atoms with van der Waals surface area (Å²) in [5.74, 6) is -2.08. The van der Waals surface area contributed by atoms with Crippen molar-refractivity contribution in [1.29, 1.82) is 0 Å². The lowest BCUT2D eigenvalue weighted by Crippen LogP contribution is -2.34. The van der Waals surface area contributed by atoms with Gasteiger partial charge in [0.2, 0.25) is 5.91 Å². The molecule has 1 unspecified atom stereocenters. The first-order valence-electron chi connectivity index (χ1n) is 7.86. The van der Waals surface area contributed by atoms with E-state index in [9.17, 15) is 19.5 Å². The predicted octanol–water partition coefficient (Wildman–Crippen LogP) is 1.84. The van der Waals surface area contributed by atoms with Crippen LogP contribution in [-0.2, 0) is 29.3 Å². The van der Waals surface area contributed by atoms with Crippen molar-refractivity contribution in [3.8, 4) is 0 Å². The minimum Gasteiger partial charge on any atom is -0.476 e. The molecule has 1 amide bonds. The van der Waals surface area contributed by atoms with Crippen molar-refractivity contribution in [2.45, 2.75) is 31.5 Å². The van der Waals surface area contributed by atoms with Crippen LogP contribution in [0.4, 0.5) is 5.69 Å². The Balaban J connectivity index is 1.68. The molecule has 1 aromatic rings. The maximum Gasteiger partial charge on any atom is 0.356 e. The van der Waals surface area contributed by atoms with Crippen molar-refractivity contribution in [3.63, 3.8) is 0 Å². The topological polar surface area (TPSA) is 93.1 Å². The molecule has 128 valence electrons. The smallest absolute Gasteiger partial charge is 0.356 e. The van der Waals surface area contributed by atoms with Gasteiger partial charge in [0.05, 0.1) is 11.1 Å². The zero-order chi connectivity index (χ0) is 17.8. The van der Waals surface area contributed by atoms with Crippen LogP contribution in [0.3, 0.4) is 0 Å². The van der Waals surface area contributed by atoms with E-state index in [0.29, 0.717) is 24.1 Å². The molecule has 0 bridgehead atoms. The number of carbonyl (C=O) groups is 3. The van der Waals surface area contributed by atoms with E-state index in [4.69, 9.17) is 9.47 Å². The first-order valence-corrected chi connectivity index (χ1v) is 7.86. The van der Waals surface area contributed by atoms with E-state index in [0.717, 1.165) is 11.8 Å². The van der Waals surface area contributed by atoms with Crippen LogP contribution >= 0.6 is 0 Å². The molecule has 1 atom stereocenters. The molecule has 1 N–H and O–H groups in total. The molecule has 1 aliphatic carbocycles. The fraction of sp³-hybridized carbons (Fsp3) is 0.278. The Kier molecular flexibility index (Phi) is 3.21. The van der Waals surface area contributed by atoms with Gasteiger partial charge in [-0.25, -0.2) is 9.59 Å². The number of benzene rings is 1. The van der Waals surface area contributed by atoms with E-state index in [1.54, 1.807) is 19.1 Å². The fourth-order valence-electron chi connectivity index (χ4n) is 3.26. The van der Waals surface area contributed by atoms with E-state index in [1.165, 1.54) is 11.0 Å². The molecular weight excluding hydrogens is 326 g/mol. The highest BCUT2D eigenvalue weighted by molar-refractivity contribution is 6.16. The highest BCUT2D eigenvalue weighted by Gasteiger charge is 2.60. The standard InChI is InChI=1S/C18H15NO6/c1-10-8-14(25-16(10)22)24-9-13(15(20)21)19-12-5-3-2-4-11(12)18(6-7-18)17(19)23/h2-5,8-9,14H,6-7H2,1H3,(H,20,21)/b13-9-. The van der Waals surface area contributed by atoms with Crippen LogP contribution in [0, 0.1) is 0 Å². The number of amides is 1. The molecule has 1 aromatic carbocycles. The summed E-state index contributed by atoms with van der Waals surface area (Å²) in [6.07, 6.45) is 2.82. The van der Waals surface area contributed by atoms with Gasteiger partial charge in [0, 0.05) is 11.6 Å². The van der Waals surface area contributed by atoms with Crippen LogP contribution in [0.25, 0.3) is 0 Å². The molecule has 7 heteroatoms. The molecule has 4 rings (SSSR count). The summed E-state index contributed by atoms with van der Waals surface area (Å²) in [5, 5.41) is 9.58. The Labute approximate surface area is 143 Å². The maximum atomic E-state index is 12.9. The lowest BCUT2D eigenvalue weighted by Gasteiger charge is -2.19. The van der Waals surface area contributed by atoms with Crippen molar-refractivity contribution in [2.24, 2.45) is 0 Å². The van der Waals surface area contributed by atoms with E-state index >= 15 is 0 Å². The SMILES string of the molecule is CC1=CC(O/C=C(/C(=O)O)N2C(=O)C3(CC3)c3ccccc32)OC1=O. The Morgan fingerprint density at radius 2 is 2.08 bits per heavy atom. The van der Waals surface area contributed by atoms with Crippen molar-refractivity contribution < 1.29 is 29.0 Å². The van der Waals surface area contributed by atoms with Crippen molar-refractivity contribution in [1.82, 2.24) is 0 Å². The summed E-state index contributed by atoms with van der Waals surface area (Å²) in [6.45, 7) is 1.57. The molecular formula is C18H15NO6. The molecule has 1 fully saturated rings. The number of aliphatic carboxylic acids is 1. The number of carbonyl (C=O) groups excluding carboxylic acids is 2. The van der Waals surface area contributed by atoms with Crippen molar-refractivity contribution in [2.75, 3.05) is 4.90 Å². The second-order valence-corrected chi connectivity index (χ2v) is 6.31. The highest BCUT2D eigenvalue weighted by Crippen LogP contribution is 2.58. The maximum absolute atomic E-state index is 12.9. The molecule has 7 nitrogen and oxygen atoms in total. The first-order chi connectivity index (χ1) is 11.9. The largest absolute Gasteiger partial charge is 0.476 e. The molecule has 25 heavy (non-hydrogen) atoms. The summed E-state index contributed by atoms with van der Waals surface area (Å²) in [7, 11) is 0. The minimum atomic E-state index is -1.30. The van der Waals surface area contributed by atoms with Crippen LogP contribution in [0.1, 0.15) is 25.3 Å². The summed E-state index contributed by atoms with van der Waals surface area (Å²) >= 11 is 0. The summed E-state index contributed by atoms with van der Waals surface area (Å²) in [5.41, 5.74) is 0.860. The number of esters is 1. The third kappa shape index (κ3) is 2.23. The molecule has 0 saturated heterocycles. The number of rotatable bonds is 4. The zero-order valence-electron chi connectivity index (χ0n) is 13.4. The molecule has 2 heterocycles. The van der Waals surface area contributed by atoms with E-state index in [2.05, 4.69) is 0 Å². The van der Waals surface area contributed by atoms with Gasteiger partial charge in [-0.15, -0.1) is 0 Å². The van der Waals surface area contributed by atoms with Gasteiger partial charge in [-0.05, 0) is 31.4 Å². The quantitative estimate of drug-likeness (QED) is 0.510. The number of para-hydroxylation sites is 1. The van der Waals surface area contributed by atoms with Crippen LogP contribution < -0.4 is 4.90 Å². The predicted molar refractivity (Wildman–Crippen MR) is 85.3 cm³/mol. The Morgan fingerprint density at radius 3 is 2.68 bits per heavy atom. The molecule has 3 aliphatic rings. The third-order valence-electron chi connectivity index (χ3n) is 4.73. The number of anilines is 1. The third-order valence-corrected chi connectivity index (χ3v) is 4.73. The molecule has 0 radical (unpaired) electrons. The summed E-state index contributed by atoms with van der Waals surface area (Å²) in [4.78, 5) is 37.1. The van der Waals surface area contributed by atoms with Gasteiger partial charge in [0.15, 0.2) is 5.70 Å². The van der Waals surface area contributed by atoms with Gasteiger partial charge in [-0.3, -0.25) is 9.69 Å². The van der Waals surface area contributed by atoms with E-state index in [-0.39, 0.29) is 11.6 Å². The molecule has 0 aromatic heterocycles. The van der Waals surface area contributed by atoms with Gasteiger partial charge >= 0.3 is 11.9 Å².